The molecular formula is C21H22N2O. The van der Waals surface area contributed by atoms with Gasteiger partial charge < -0.3 is 9.30 Å². The number of rotatable bonds is 4. The van der Waals surface area contributed by atoms with E-state index in [1.165, 1.54) is 22.6 Å². The number of ether oxygens (including phenoxy) is 1. The van der Waals surface area contributed by atoms with E-state index >= 15 is 0 Å². The van der Waals surface area contributed by atoms with E-state index < -0.39 is 0 Å². The molecule has 0 bridgehead atoms. The molecule has 0 aliphatic carbocycles. The lowest BCUT2D eigenvalue weighted by atomic mass is 10.2. The molecule has 0 aliphatic rings. The third kappa shape index (κ3) is 3.25. The standard InChI is InChI=1S/C21H22N2O/c1-15-8-10-20(11-9-15)23-16(2)12-18(17(23)3)14-22-19-6-5-7-21(13-19)24-4/h5-14H,1-4H3. The lowest BCUT2D eigenvalue weighted by Crippen LogP contribution is -1.99. The van der Waals surface area contributed by atoms with Gasteiger partial charge in [-0.3, -0.25) is 4.99 Å². The van der Waals surface area contributed by atoms with Gasteiger partial charge in [0, 0.05) is 34.9 Å². The largest absolute Gasteiger partial charge is 0.497 e. The molecule has 3 nitrogen and oxygen atoms in total. The van der Waals surface area contributed by atoms with Crippen molar-refractivity contribution in [1.29, 1.82) is 0 Å². The summed E-state index contributed by atoms with van der Waals surface area (Å²) in [7, 11) is 1.66. The Morgan fingerprint density at radius 1 is 0.958 bits per heavy atom. The van der Waals surface area contributed by atoms with Crippen LogP contribution in [0.25, 0.3) is 5.69 Å². The zero-order chi connectivity index (χ0) is 17.1. The molecule has 1 aromatic heterocycles. The van der Waals surface area contributed by atoms with Crippen molar-refractivity contribution in [2.75, 3.05) is 7.11 Å². The van der Waals surface area contributed by atoms with Crippen LogP contribution in [0.1, 0.15) is 22.5 Å². The summed E-state index contributed by atoms with van der Waals surface area (Å²) in [5.41, 5.74) is 6.83. The molecule has 2 aromatic carbocycles. The minimum atomic E-state index is 0.815. The molecule has 0 aliphatic heterocycles. The molecule has 0 saturated heterocycles. The maximum absolute atomic E-state index is 5.24. The van der Waals surface area contributed by atoms with E-state index in [9.17, 15) is 0 Å². The van der Waals surface area contributed by atoms with Gasteiger partial charge in [-0.25, -0.2) is 0 Å². The van der Waals surface area contributed by atoms with Gasteiger partial charge >= 0.3 is 0 Å². The molecule has 0 spiro atoms. The summed E-state index contributed by atoms with van der Waals surface area (Å²) >= 11 is 0. The number of benzene rings is 2. The lowest BCUT2D eigenvalue weighted by molar-refractivity contribution is 0.415. The minimum Gasteiger partial charge on any atom is -0.497 e. The van der Waals surface area contributed by atoms with E-state index in [4.69, 9.17) is 4.74 Å². The molecule has 0 saturated carbocycles. The molecule has 3 heteroatoms. The Kier molecular flexibility index (Phi) is 4.52. The van der Waals surface area contributed by atoms with Crippen LogP contribution in [0.3, 0.4) is 0 Å². The first kappa shape index (κ1) is 16.1. The van der Waals surface area contributed by atoms with E-state index in [1.807, 2.05) is 30.5 Å². The van der Waals surface area contributed by atoms with Crippen molar-refractivity contribution in [1.82, 2.24) is 4.57 Å². The fourth-order valence-electron chi connectivity index (χ4n) is 2.84. The molecule has 0 unspecified atom stereocenters. The van der Waals surface area contributed by atoms with Crippen LogP contribution < -0.4 is 4.74 Å². The van der Waals surface area contributed by atoms with Gasteiger partial charge in [-0.05, 0) is 51.1 Å². The Morgan fingerprint density at radius 2 is 1.71 bits per heavy atom. The smallest absolute Gasteiger partial charge is 0.121 e. The predicted molar refractivity (Wildman–Crippen MR) is 100 cm³/mol. The van der Waals surface area contributed by atoms with E-state index in [2.05, 4.69) is 60.7 Å². The number of hydrogen-bond acceptors (Lipinski definition) is 2. The van der Waals surface area contributed by atoms with Gasteiger partial charge in [0.1, 0.15) is 5.75 Å². The topological polar surface area (TPSA) is 26.5 Å². The normalized spacial score (nSPS) is 11.2. The summed E-state index contributed by atoms with van der Waals surface area (Å²) in [5, 5.41) is 0. The van der Waals surface area contributed by atoms with Crippen LogP contribution in [-0.4, -0.2) is 17.9 Å². The van der Waals surface area contributed by atoms with Crippen LogP contribution >= 0.6 is 0 Å². The second kappa shape index (κ2) is 6.75. The monoisotopic (exact) mass is 318 g/mol. The quantitative estimate of drug-likeness (QED) is 0.610. The molecule has 0 fully saturated rings. The Labute approximate surface area is 143 Å². The van der Waals surface area contributed by atoms with Crippen molar-refractivity contribution in [3.63, 3.8) is 0 Å². The van der Waals surface area contributed by atoms with Crippen molar-refractivity contribution in [3.05, 3.63) is 77.1 Å². The number of aliphatic imine (C=N–C) groups is 1. The molecule has 1 heterocycles. The molecule has 122 valence electrons. The SMILES string of the molecule is COc1cccc(N=Cc2cc(C)n(-c3ccc(C)cc3)c2C)c1. The Balaban J connectivity index is 1.93. The highest BCUT2D eigenvalue weighted by molar-refractivity contribution is 5.84. The van der Waals surface area contributed by atoms with Gasteiger partial charge in [0.25, 0.3) is 0 Å². The van der Waals surface area contributed by atoms with Gasteiger partial charge in [0.15, 0.2) is 0 Å². The summed E-state index contributed by atoms with van der Waals surface area (Å²) < 4.78 is 7.50. The van der Waals surface area contributed by atoms with Crippen molar-refractivity contribution in [3.8, 4) is 11.4 Å². The fourth-order valence-corrected chi connectivity index (χ4v) is 2.84. The van der Waals surface area contributed by atoms with Gasteiger partial charge in [0.2, 0.25) is 0 Å². The average Bonchev–Trinajstić information content (AvgIpc) is 2.88. The summed E-state index contributed by atoms with van der Waals surface area (Å²) in [4.78, 5) is 4.59. The van der Waals surface area contributed by atoms with Crippen LogP contribution in [-0.2, 0) is 0 Å². The molecule has 0 amide bonds. The fraction of sp³-hybridized carbons (Fsp3) is 0.190. The van der Waals surface area contributed by atoms with Gasteiger partial charge in [0.05, 0.1) is 12.8 Å². The number of aryl methyl sites for hydroxylation is 2. The molecule has 0 N–H and O–H groups in total. The van der Waals surface area contributed by atoms with Crippen LogP contribution in [0, 0.1) is 20.8 Å². The minimum absolute atomic E-state index is 0.815. The average molecular weight is 318 g/mol. The second-order valence-electron chi connectivity index (χ2n) is 5.96. The summed E-state index contributed by atoms with van der Waals surface area (Å²) in [5.74, 6) is 0.815. The van der Waals surface area contributed by atoms with Crippen LogP contribution in [0.5, 0.6) is 5.75 Å². The van der Waals surface area contributed by atoms with E-state index in [0.29, 0.717) is 0 Å². The summed E-state index contributed by atoms with van der Waals surface area (Å²) in [6.07, 6.45) is 1.92. The van der Waals surface area contributed by atoms with Crippen molar-refractivity contribution >= 4 is 11.9 Å². The summed E-state index contributed by atoms with van der Waals surface area (Å²) in [6, 6.07) is 18.5. The first-order chi connectivity index (χ1) is 11.6. The molecule has 0 radical (unpaired) electrons. The molecular weight excluding hydrogens is 296 g/mol. The number of methoxy groups -OCH3 is 1. The van der Waals surface area contributed by atoms with Gasteiger partial charge in [-0.2, -0.15) is 0 Å². The zero-order valence-corrected chi connectivity index (χ0v) is 14.6. The van der Waals surface area contributed by atoms with Crippen molar-refractivity contribution in [2.45, 2.75) is 20.8 Å². The maximum atomic E-state index is 5.24. The lowest BCUT2D eigenvalue weighted by Gasteiger charge is -2.09. The molecule has 24 heavy (non-hydrogen) atoms. The predicted octanol–water partition coefficient (Wildman–Crippen LogP) is 5.16. The Hall–Kier alpha value is -2.81. The maximum Gasteiger partial charge on any atom is 0.121 e. The number of aromatic nitrogens is 1. The molecule has 0 atom stereocenters. The Bertz CT molecular complexity index is 873. The second-order valence-corrected chi connectivity index (χ2v) is 5.96. The summed E-state index contributed by atoms with van der Waals surface area (Å²) in [6.45, 7) is 6.35. The first-order valence-electron chi connectivity index (χ1n) is 8.02. The highest BCUT2D eigenvalue weighted by Gasteiger charge is 2.09. The zero-order valence-electron chi connectivity index (χ0n) is 14.6. The highest BCUT2D eigenvalue weighted by Crippen LogP contribution is 2.22. The van der Waals surface area contributed by atoms with Gasteiger partial charge in [-0.15, -0.1) is 0 Å². The van der Waals surface area contributed by atoms with Crippen molar-refractivity contribution in [2.24, 2.45) is 4.99 Å². The van der Waals surface area contributed by atoms with E-state index in [-0.39, 0.29) is 0 Å². The van der Waals surface area contributed by atoms with Crippen LogP contribution in [0.4, 0.5) is 5.69 Å². The first-order valence-corrected chi connectivity index (χ1v) is 8.02. The molecule has 3 aromatic rings. The highest BCUT2D eigenvalue weighted by atomic mass is 16.5. The van der Waals surface area contributed by atoms with Crippen LogP contribution in [0.2, 0.25) is 0 Å². The van der Waals surface area contributed by atoms with E-state index in [0.717, 1.165) is 17.0 Å². The number of hydrogen-bond donors (Lipinski definition) is 0. The third-order valence-electron chi connectivity index (χ3n) is 4.17. The van der Waals surface area contributed by atoms with Crippen LogP contribution in [0.15, 0.2) is 59.6 Å². The molecule has 3 rings (SSSR count). The Morgan fingerprint density at radius 3 is 2.42 bits per heavy atom. The van der Waals surface area contributed by atoms with E-state index in [1.54, 1.807) is 7.11 Å². The number of nitrogens with zero attached hydrogens (tertiary/aromatic N) is 2. The van der Waals surface area contributed by atoms with Gasteiger partial charge in [-0.1, -0.05) is 23.8 Å². The third-order valence-corrected chi connectivity index (χ3v) is 4.17. The van der Waals surface area contributed by atoms with Crippen molar-refractivity contribution < 1.29 is 4.74 Å².